The molecule has 0 radical (unpaired) electrons. The molecule has 8 heteroatoms. The number of aromatic nitrogens is 2. The number of hydrogen-bond acceptors (Lipinski definition) is 5. The highest BCUT2D eigenvalue weighted by atomic mass is 32.1. The Balaban J connectivity index is 1.63. The number of hydrogen-bond donors (Lipinski definition) is 1. The molecule has 1 aliphatic rings. The van der Waals surface area contributed by atoms with Crippen LogP contribution in [0.4, 0.5) is 0 Å². The van der Waals surface area contributed by atoms with Crippen molar-refractivity contribution in [1.82, 2.24) is 14.5 Å². The van der Waals surface area contributed by atoms with Crippen molar-refractivity contribution >= 4 is 27.5 Å². The maximum atomic E-state index is 12.9. The van der Waals surface area contributed by atoms with E-state index in [0.717, 1.165) is 20.6 Å². The van der Waals surface area contributed by atoms with Crippen molar-refractivity contribution in [3.63, 3.8) is 0 Å². The maximum absolute atomic E-state index is 12.9. The second kappa shape index (κ2) is 7.85. The van der Waals surface area contributed by atoms with Crippen molar-refractivity contribution in [3.8, 4) is 0 Å². The average molecular weight is 428 g/mol. The highest BCUT2D eigenvalue weighted by Crippen LogP contribution is 2.37. The van der Waals surface area contributed by atoms with Gasteiger partial charge in [-0.05, 0) is 25.8 Å². The molecular weight excluding hydrogens is 402 g/mol. The number of nitrogens with one attached hydrogen (secondary N) is 1. The standard InChI is InChI=1S/C22H25N3O4S/c1-22(2)11-16-15(13-29-22)18-19(30-16)20(27)24(3)21(28)25(18)12-17(26)23-10-9-14-7-5-4-6-8-14/h4-8H,9-13H2,1-3H3,(H,23,26). The first-order valence-corrected chi connectivity index (χ1v) is 10.8. The topological polar surface area (TPSA) is 82.3 Å². The lowest BCUT2D eigenvalue weighted by Gasteiger charge is -2.30. The van der Waals surface area contributed by atoms with Crippen LogP contribution in [0.15, 0.2) is 39.9 Å². The van der Waals surface area contributed by atoms with E-state index < -0.39 is 5.69 Å². The molecule has 2 aromatic heterocycles. The third-order valence-electron chi connectivity index (χ3n) is 5.42. The fourth-order valence-corrected chi connectivity index (χ4v) is 5.28. The van der Waals surface area contributed by atoms with Crippen LogP contribution >= 0.6 is 11.3 Å². The molecule has 0 saturated carbocycles. The second-order valence-corrected chi connectivity index (χ2v) is 9.33. The summed E-state index contributed by atoms with van der Waals surface area (Å²) >= 11 is 1.40. The minimum Gasteiger partial charge on any atom is -0.370 e. The van der Waals surface area contributed by atoms with Crippen molar-refractivity contribution in [2.24, 2.45) is 7.05 Å². The fourth-order valence-electron chi connectivity index (χ4n) is 3.78. The average Bonchev–Trinajstić information content (AvgIpc) is 3.07. The number of carbonyl (C=O) groups excluding carboxylic acids is 1. The number of thiophene rings is 1. The zero-order valence-electron chi connectivity index (χ0n) is 17.4. The van der Waals surface area contributed by atoms with Crippen molar-refractivity contribution in [1.29, 1.82) is 0 Å². The lowest BCUT2D eigenvalue weighted by molar-refractivity contribution is -0.121. The van der Waals surface area contributed by atoms with Gasteiger partial charge in [0.25, 0.3) is 5.56 Å². The highest BCUT2D eigenvalue weighted by molar-refractivity contribution is 7.19. The molecule has 0 bridgehead atoms. The molecule has 1 N–H and O–H groups in total. The van der Waals surface area contributed by atoms with E-state index in [-0.39, 0.29) is 23.6 Å². The van der Waals surface area contributed by atoms with Crippen molar-refractivity contribution in [2.45, 2.75) is 45.4 Å². The Morgan fingerprint density at radius 2 is 1.97 bits per heavy atom. The number of amides is 1. The number of ether oxygens (including phenoxy) is 1. The molecule has 3 heterocycles. The Morgan fingerprint density at radius 3 is 2.70 bits per heavy atom. The highest BCUT2D eigenvalue weighted by Gasteiger charge is 2.31. The summed E-state index contributed by atoms with van der Waals surface area (Å²) in [7, 11) is 1.45. The lowest BCUT2D eigenvalue weighted by atomic mass is 9.98. The van der Waals surface area contributed by atoms with Crippen molar-refractivity contribution < 1.29 is 9.53 Å². The molecule has 0 saturated heterocycles. The van der Waals surface area contributed by atoms with E-state index in [1.165, 1.54) is 23.0 Å². The minimum atomic E-state index is -0.490. The second-order valence-electron chi connectivity index (χ2n) is 8.23. The van der Waals surface area contributed by atoms with Crippen LogP contribution in [-0.2, 0) is 42.6 Å². The number of fused-ring (bicyclic) bond motifs is 3. The third-order valence-corrected chi connectivity index (χ3v) is 6.63. The summed E-state index contributed by atoms with van der Waals surface area (Å²) in [5, 5.41) is 2.88. The normalized spacial score (nSPS) is 15.2. The maximum Gasteiger partial charge on any atom is 0.331 e. The van der Waals surface area contributed by atoms with Gasteiger partial charge in [-0.3, -0.25) is 18.7 Å². The minimum absolute atomic E-state index is 0.134. The Hall–Kier alpha value is -2.71. The Labute approximate surface area is 177 Å². The molecule has 30 heavy (non-hydrogen) atoms. The quantitative estimate of drug-likeness (QED) is 0.675. The number of rotatable bonds is 5. The molecule has 0 aliphatic carbocycles. The van der Waals surface area contributed by atoms with Crippen LogP contribution in [0.5, 0.6) is 0 Å². The Kier molecular flexibility index (Phi) is 5.38. The molecule has 0 atom stereocenters. The molecule has 3 aromatic rings. The summed E-state index contributed by atoms with van der Waals surface area (Å²) in [6, 6.07) is 9.88. The molecule has 0 spiro atoms. The first-order valence-electron chi connectivity index (χ1n) is 9.95. The van der Waals surface area contributed by atoms with Gasteiger partial charge in [-0.1, -0.05) is 30.3 Å². The first-order chi connectivity index (χ1) is 14.3. The molecule has 1 aromatic carbocycles. The predicted molar refractivity (Wildman–Crippen MR) is 117 cm³/mol. The van der Waals surface area contributed by atoms with E-state index in [4.69, 9.17) is 4.74 Å². The van der Waals surface area contributed by atoms with Crippen LogP contribution < -0.4 is 16.6 Å². The van der Waals surface area contributed by atoms with Crippen molar-refractivity contribution in [2.75, 3.05) is 6.54 Å². The van der Waals surface area contributed by atoms with Gasteiger partial charge in [0, 0.05) is 30.5 Å². The van der Waals surface area contributed by atoms with E-state index in [9.17, 15) is 14.4 Å². The molecule has 4 rings (SSSR count). The van der Waals surface area contributed by atoms with Gasteiger partial charge in [-0.15, -0.1) is 11.3 Å². The summed E-state index contributed by atoms with van der Waals surface area (Å²) in [6.45, 7) is 4.68. The zero-order chi connectivity index (χ0) is 21.5. The molecule has 0 fully saturated rings. The van der Waals surface area contributed by atoms with Gasteiger partial charge in [0.2, 0.25) is 5.91 Å². The Morgan fingerprint density at radius 1 is 1.23 bits per heavy atom. The molecule has 0 unspecified atom stereocenters. The Bertz CT molecular complexity index is 1220. The van der Waals surface area contributed by atoms with Crippen LogP contribution in [0.2, 0.25) is 0 Å². The van der Waals surface area contributed by atoms with E-state index in [0.29, 0.717) is 36.2 Å². The van der Waals surface area contributed by atoms with E-state index in [1.807, 2.05) is 44.2 Å². The predicted octanol–water partition coefficient (Wildman–Crippen LogP) is 1.97. The molecule has 7 nitrogen and oxygen atoms in total. The molecule has 1 aliphatic heterocycles. The smallest absolute Gasteiger partial charge is 0.331 e. The number of nitrogens with zero attached hydrogens (tertiary/aromatic N) is 2. The molecule has 158 valence electrons. The van der Waals surface area contributed by atoms with Crippen LogP contribution in [-0.4, -0.2) is 27.2 Å². The summed E-state index contributed by atoms with van der Waals surface area (Å²) in [5.74, 6) is -0.259. The van der Waals surface area contributed by atoms with Crippen LogP contribution in [0, 0.1) is 0 Å². The number of benzene rings is 1. The van der Waals surface area contributed by atoms with Gasteiger partial charge in [0.05, 0.1) is 17.7 Å². The van der Waals surface area contributed by atoms with Crippen molar-refractivity contribution in [3.05, 3.63) is 67.2 Å². The monoisotopic (exact) mass is 427 g/mol. The zero-order valence-corrected chi connectivity index (χ0v) is 18.2. The van der Waals surface area contributed by atoms with E-state index in [2.05, 4.69) is 5.32 Å². The molecule has 1 amide bonds. The van der Waals surface area contributed by atoms with E-state index >= 15 is 0 Å². The van der Waals surface area contributed by atoms with Gasteiger partial charge in [0.15, 0.2) is 0 Å². The molecular formula is C22H25N3O4S. The number of carbonyl (C=O) groups is 1. The summed E-state index contributed by atoms with van der Waals surface area (Å²) in [4.78, 5) is 39.2. The third kappa shape index (κ3) is 3.85. The summed E-state index contributed by atoms with van der Waals surface area (Å²) < 4.78 is 8.91. The summed E-state index contributed by atoms with van der Waals surface area (Å²) in [5.41, 5.74) is 1.38. The van der Waals surface area contributed by atoms with Crippen LogP contribution in [0.25, 0.3) is 10.2 Å². The van der Waals surface area contributed by atoms with Gasteiger partial charge in [-0.2, -0.15) is 0 Å². The van der Waals surface area contributed by atoms with Crippen LogP contribution in [0.1, 0.15) is 29.9 Å². The van der Waals surface area contributed by atoms with Gasteiger partial charge >= 0.3 is 5.69 Å². The lowest BCUT2D eigenvalue weighted by Crippen LogP contribution is -2.41. The van der Waals surface area contributed by atoms with Gasteiger partial charge in [0.1, 0.15) is 11.2 Å². The van der Waals surface area contributed by atoms with Crippen LogP contribution in [0.3, 0.4) is 0 Å². The summed E-state index contributed by atoms with van der Waals surface area (Å²) in [6.07, 6.45) is 1.38. The first kappa shape index (κ1) is 20.6. The van der Waals surface area contributed by atoms with Gasteiger partial charge in [-0.25, -0.2) is 4.79 Å². The fraction of sp³-hybridized carbons (Fsp3) is 0.409. The SMILES string of the molecule is Cn1c(=O)c2sc3c(c2n(CC(=O)NCCc2ccccc2)c1=O)COC(C)(C)C3. The largest absolute Gasteiger partial charge is 0.370 e. The van der Waals surface area contributed by atoms with Gasteiger partial charge < -0.3 is 10.1 Å². The van der Waals surface area contributed by atoms with E-state index in [1.54, 1.807) is 0 Å².